The Kier molecular flexibility index (Phi) is 5.47. The second-order valence-electron chi connectivity index (χ2n) is 8.70. The number of phenolic OH excluding ortho intramolecular Hbond substituents is 1. The molecule has 4 heterocycles. The predicted octanol–water partition coefficient (Wildman–Crippen LogP) is 3.40. The number of nitrogens with two attached hydrogens (primary N) is 1. The lowest BCUT2D eigenvalue weighted by atomic mass is 9.77. The molecule has 4 N–H and O–H groups in total. The maximum atomic E-state index is 13.6. The monoisotopic (exact) mass is 538 g/mol. The van der Waals surface area contributed by atoms with Gasteiger partial charge in [0.05, 0.1) is 17.5 Å². The summed E-state index contributed by atoms with van der Waals surface area (Å²) in [6.45, 7) is 1.47. The number of nitrogens with one attached hydrogen (secondary N) is 1. The zero-order valence-corrected chi connectivity index (χ0v) is 19.2. The molecule has 0 aliphatic carbocycles. The molecule has 1 atom stereocenters. The second-order valence-corrected chi connectivity index (χ2v) is 8.70. The van der Waals surface area contributed by atoms with Crippen molar-refractivity contribution in [1.82, 2.24) is 29.5 Å². The molecule has 1 aliphatic heterocycles. The number of benzene rings is 1. The molecule has 4 aromatic rings. The minimum Gasteiger partial charge on any atom is -0.505 e. The first kappa shape index (κ1) is 25.2. The van der Waals surface area contributed by atoms with E-state index < -0.39 is 47.8 Å². The molecule has 0 saturated heterocycles. The minimum atomic E-state index is -5.74. The van der Waals surface area contributed by atoms with E-state index in [1.807, 2.05) is 0 Å². The van der Waals surface area contributed by atoms with Crippen molar-refractivity contribution in [3.8, 4) is 17.3 Å². The maximum absolute atomic E-state index is 13.6. The van der Waals surface area contributed by atoms with E-state index >= 15 is 0 Å². The van der Waals surface area contributed by atoms with Crippen molar-refractivity contribution in [2.45, 2.75) is 37.3 Å². The van der Waals surface area contributed by atoms with E-state index in [0.29, 0.717) is 0 Å². The van der Waals surface area contributed by atoms with Crippen LogP contribution in [0.15, 0.2) is 30.7 Å². The number of nitrogens with zero attached hydrogens (tertiary/aromatic N) is 6. The van der Waals surface area contributed by atoms with Crippen LogP contribution in [-0.2, 0) is 16.6 Å². The highest BCUT2D eigenvalue weighted by atomic mass is 19.4. The predicted molar refractivity (Wildman–Crippen MR) is 119 cm³/mol. The summed E-state index contributed by atoms with van der Waals surface area (Å²) in [5.41, 5.74) is 4.64. The van der Waals surface area contributed by atoms with Gasteiger partial charge in [-0.25, -0.2) is 28.8 Å². The molecule has 1 unspecified atom stereocenters. The summed E-state index contributed by atoms with van der Waals surface area (Å²) in [5.74, 6) is -7.56. The smallest absolute Gasteiger partial charge is 0.453 e. The number of nitrogen functional groups attached to an aromatic ring is 1. The number of aryl methyl sites for hydroxylation is 1. The SMILES string of the molecule is CC1(c2ccc(F)c(O)c2)C(=O)Nc2nc(-c3cn4ncnc4c(CCC(F)(F)C(F)(F)F)n3)nc(N)c21. The molecule has 1 amide bonds. The van der Waals surface area contributed by atoms with Crippen LogP contribution in [-0.4, -0.2) is 52.7 Å². The van der Waals surface area contributed by atoms with Crippen LogP contribution in [0.3, 0.4) is 0 Å². The third-order valence-corrected chi connectivity index (χ3v) is 6.30. The third-order valence-electron chi connectivity index (χ3n) is 6.30. The minimum absolute atomic E-state index is 0.0329. The molecule has 1 aliphatic rings. The average molecular weight is 538 g/mol. The number of carbonyl (C=O) groups excluding carboxylic acids is 1. The first-order valence-corrected chi connectivity index (χ1v) is 10.8. The number of halogens is 6. The Hall–Kier alpha value is -4.50. The fraction of sp³-hybridized carbons (Fsp3) is 0.273. The lowest BCUT2D eigenvalue weighted by molar-refractivity contribution is -0.284. The summed E-state index contributed by atoms with van der Waals surface area (Å²) >= 11 is 0. The lowest BCUT2D eigenvalue weighted by Crippen LogP contribution is -2.36. The van der Waals surface area contributed by atoms with Crippen LogP contribution in [0, 0.1) is 5.82 Å². The van der Waals surface area contributed by atoms with E-state index in [1.165, 1.54) is 19.2 Å². The van der Waals surface area contributed by atoms with Crippen molar-refractivity contribution in [1.29, 1.82) is 0 Å². The highest BCUT2D eigenvalue weighted by Crippen LogP contribution is 2.45. The van der Waals surface area contributed by atoms with Crippen LogP contribution in [0.5, 0.6) is 5.75 Å². The van der Waals surface area contributed by atoms with Crippen molar-refractivity contribution in [2.24, 2.45) is 0 Å². The normalized spacial score (nSPS) is 17.6. The highest BCUT2D eigenvalue weighted by molar-refractivity contribution is 6.09. The van der Waals surface area contributed by atoms with Crippen LogP contribution in [0.4, 0.5) is 38.0 Å². The molecule has 0 saturated carbocycles. The highest BCUT2D eigenvalue weighted by Gasteiger charge is 2.56. The number of alkyl halides is 5. The topological polar surface area (TPSA) is 144 Å². The summed E-state index contributed by atoms with van der Waals surface area (Å²) in [6.07, 6.45) is -5.79. The average Bonchev–Trinajstić information content (AvgIpc) is 3.41. The van der Waals surface area contributed by atoms with Crippen molar-refractivity contribution in [3.63, 3.8) is 0 Å². The summed E-state index contributed by atoms with van der Waals surface area (Å²) in [7, 11) is 0. The largest absolute Gasteiger partial charge is 0.505 e. The van der Waals surface area contributed by atoms with Gasteiger partial charge in [-0.05, 0) is 31.0 Å². The fourth-order valence-electron chi connectivity index (χ4n) is 4.21. The standard InChI is InChI=1S/C22H16F6N8O2/c1-20(9-2-3-10(23)13(37)6-9)14-15(29)33-16(34-17(14)35-19(20)38)12-7-36-18(30-8-31-36)11(32-12)4-5-21(24,25)22(26,27)28/h2-3,6-8,37H,4-5H2,1H3,(H3,29,33,34,35,38). The zero-order chi connectivity index (χ0) is 27.6. The van der Waals surface area contributed by atoms with E-state index in [0.717, 1.165) is 23.0 Å². The van der Waals surface area contributed by atoms with Crippen LogP contribution in [0.2, 0.25) is 0 Å². The van der Waals surface area contributed by atoms with Crippen LogP contribution in [0.25, 0.3) is 17.2 Å². The fourth-order valence-corrected chi connectivity index (χ4v) is 4.21. The maximum Gasteiger partial charge on any atom is 0.453 e. The zero-order valence-electron chi connectivity index (χ0n) is 19.2. The quantitative estimate of drug-likeness (QED) is 0.328. The molecule has 16 heteroatoms. The number of hydrogen-bond donors (Lipinski definition) is 3. The van der Waals surface area contributed by atoms with Gasteiger partial charge in [-0.3, -0.25) is 4.79 Å². The number of hydrogen-bond acceptors (Lipinski definition) is 8. The molecule has 0 spiro atoms. The molecule has 198 valence electrons. The first-order valence-electron chi connectivity index (χ1n) is 10.8. The van der Waals surface area contributed by atoms with Gasteiger partial charge in [-0.1, -0.05) is 6.07 Å². The third kappa shape index (κ3) is 3.83. The molecular weight excluding hydrogens is 522 g/mol. The molecule has 5 rings (SSSR count). The first-order chi connectivity index (χ1) is 17.7. The van der Waals surface area contributed by atoms with E-state index in [9.17, 15) is 36.2 Å². The van der Waals surface area contributed by atoms with Gasteiger partial charge in [-0.2, -0.15) is 27.1 Å². The Morgan fingerprint density at radius 3 is 2.58 bits per heavy atom. The summed E-state index contributed by atoms with van der Waals surface area (Å²) in [5, 5.41) is 16.2. The molecule has 3 aromatic heterocycles. The van der Waals surface area contributed by atoms with Crippen molar-refractivity contribution < 1.29 is 36.2 Å². The molecule has 38 heavy (non-hydrogen) atoms. The number of carbonyl (C=O) groups is 1. The number of anilines is 2. The molecule has 0 fully saturated rings. The van der Waals surface area contributed by atoms with Crippen molar-refractivity contribution >= 4 is 23.2 Å². The summed E-state index contributed by atoms with van der Waals surface area (Å²) < 4.78 is 79.8. The van der Waals surface area contributed by atoms with Gasteiger partial charge >= 0.3 is 12.1 Å². The van der Waals surface area contributed by atoms with Crippen molar-refractivity contribution in [2.75, 3.05) is 11.1 Å². The summed E-state index contributed by atoms with van der Waals surface area (Å²) in [6, 6.07) is 3.34. The molecule has 0 bridgehead atoms. The van der Waals surface area contributed by atoms with Gasteiger partial charge in [0.1, 0.15) is 29.1 Å². The molecular formula is C22H16F6N8O2. The Morgan fingerprint density at radius 1 is 1.16 bits per heavy atom. The van der Waals surface area contributed by atoms with Crippen LogP contribution < -0.4 is 11.1 Å². The number of aromatic nitrogens is 6. The number of aromatic hydroxyl groups is 1. The molecule has 1 aromatic carbocycles. The van der Waals surface area contributed by atoms with Gasteiger partial charge in [0, 0.05) is 6.42 Å². The van der Waals surface area contributed by atoms with Gasteiger partial charge in [0.25, 0.3) is 0 Å². The number of phenols is 1. The van der Waals surface area contributed by atoms with E-state index in [-0.39, 0.29) is 45.6 Å². The van der Waals surface area contributed by atoms with Crippen molar-refractivity contribution in [3.05, 3.63) is 53.4 Å². The van der Waals surface area contributed by atoms with Gasteiger partial charge in [0.15, 0.2) is 23.0 Å². The van der Waals surface area contributed by atoms with Gasteiger partial charge in [0.2, 0.25) is 5.91 Å². The summed E-state index contributed by atoms with van der Waals surface area (Å²) in [4.78, 5) is 29.4. The van der Waals surface area contributed by atoms with Crippen LogP contribution in [0.1, 0.15) is 30.2 Å². The van der Waals surface area contributed by atoms with E-state index in [1.54, 1.807) is 0 Å². The van der Waals surface area contributed by atoms with Gasteiger partial charge in [-0.15, -0.1) is 0 Å². The Labute approximate surface area is 208 Å². The lowest BCUT2D eigenvalue weighted by Gasteiger charge is -2.23. The number of amides is 1. The second kappa shape index (κ2) is 8.26. The van der Waals surface area contributed by atoms with Gasteiger partial charge < -0.3 is 16.2 Å². The van der Waals surface area contributed by atoms with Crippen LogP contribution >= 0.6 is 0 Å². The van der Waals surface area contributed by atoms with E-state index in [2.05, 4.69) is 30.4 Å². The molecule has 0 radical (unpaired) electrons. The Morgan fingerprint density at radius 2 is 1.89 bits per heavy atom. The Balaban J connectivity index is 1.57. The van der Waals surface area contributed by atoms with E-state index in [4.69, 9.17) is 5.73 Å². The Bertz CT molecular complexity index is 1600. The number of fused-ring (bicyclic) bond motifs is 2. The number of rotatable bonds is 5. The molecule has 10 nitrogen and oxygen atoms in total.